The highest BCUT2D eigenvalue weighted by atomic mass is 19.1. The van der Waals surface area contributed by atoms with Gasteiger partial charge in [0.05, 0.1) is 0 Å². The molecule has 0 spiro atoms. The van der Waals surface area contributed by atoms with Crippen molar-refractivity contribution < 1.29 is 9.18 Å². The fraction of sp³-hybridized carbons (Fsp3) is 0.450. The number of halogens is 1. The summed E-state index contributed by atoms with van der Waals surface area (Å²) in [6, 6.07) is 7.81. The van der Waals surface area contributed by atoms with Crippen LogP contribution in [-0.2, 0) is 0 Å². The van der Waals surface area contributed by atoms with E-state index in [1.54, 1.807) is 17.0 Å². The van der Waals surface area contributed by atoms with Crippen molar-refractivity contribution in [1.29, 1.82) is 0 Å². The quantitative estimate of drug-likeness (QED) is 0.832. The zero-order valence-electron chi connectivity index (χ0n) is 15.4. The first-order chi connectivity index (χ1) is 13.2. The number of hydrogen-bond acceptors (Lipinski definition) is 5. The van der Waals surface area contributed by atoms with Crippen LogP contribution in [-0.4, -0.2) is 60.0 Å². The van der Waals surface area contributed by atoms with Crippen molar-refractivity contribution in [2.75, 3.05) is 49.1 Å². The molecule has 4 rings (SSSR count). The topological polar surface area (TPSA) is 52.6 Å². The Bertz CT molecular complexity index is 800. The van der Waals surface area contributed by atoms with Gasteiger partial charge in [0.15, 0.2) is 0 Å². The minimum absolute atomic E-state index is 0.120. The van der Waals surface area contributed by atoms with E-state index in [9.17, 15) is 9.18 Å². The summed E-state index contributed by atoms with van der Waals surface area (Å²) >= 11 is 0. The Morgan fingerprint density at radius 1 is 0.926 bits per heavy atom. The summed E-state index contributed by atoms with van der Waals surface area (Å²) < 4.78 is 13.4. The van der Waals surface area contributed by atoms with Gasteiger partial charge in [-0.15, -0.1) is 0 Å². The molecule has 7 heteroatoms. The van der Waals surface area contributed by atoms with E-state index in [0.29, 0.717) is 31.7 Å². The molecule has 0 radical (unpaired) electrons. The lowest BCUT2D eigenvalue weighted by Gasteiger charge is -2.36. The minimum Gasteiger partial charge on any atom is -0.353 e. The number of carbonyl (C=O) groups excluding carboxylic acids is 1. The van der Waals surface area contributed by atoms with E-state index in [1.165, 1.54) is 31.4 Å². The van der Waals surface area contributed by atoms with E-state index in [0.717, 1.165) is 24.9 Å². The molecule has 0 unspecified atom stereocenters. The van der Waals surface area contributed by atoms with Crippen LogP contribution in [0.2, 0.25) is 0 Å². The second-order valence-electron chi connectivity index (χ2n) is 7.05. The molecule has 6 nitrogen and oxygen atoms in total. The van der Waals surface area contributed by atoms with Gasteiger partial charge in [-0.2, -0.15) is 4.98 Å². The maximum absolute atomic E-state index is 13.4. The standard InChI is InChI=1S/C20H24FN5O/c21-17-6-4-5-16(15-17)19(27)25-13-11-24(12-14-25)18-7-8-22-20(23-18)26-9-2-1-3-10-26/h4-8,15H,1-3,9-14H2. The van der Waals surface area contributed by atoms with E-state index in [1.807, 2.05) is 12.3 Å². The van der Waals surface area contributed by atoms with Gasteiger partial charge in [0.2, 0.25) is 5.95 Å². The lowest BCUT2D eigenvalue weighted by atomic mass is 10.1. The Morgan fingerprint density at radius 3 is 2.44 bits per heavy atom. The molecule has 2 aliphatic heterocycles. The van der Waals surface area contributed by atoms with Gasteiger partial charge in [0, 0.05) is 51.0 Å². The highest BCUT2D eigenvalue weighted by molar-refractivity contribution is 5.94. The SMILES string of the molecule is O=C(c1cccc(F)c1)N1CCN(c2ccnc(N3CCCCC3)n2)CC1. The summed E-state index contributed by atoms with van der Waals surface area (Å²) in [5.41, 5.74) is 0.401. The second-order valence-corrected chi connectivity index (χ2v) is 7.05. The third-order valence-electron chi connectivity index (χ3n) is 5.23. The summed E-state index contributed by atoms with van der Waals surface area (Å²) in [7, 11) is 0. The highest BCUT2D eigenvalue weighted by Crippen LogP contribution is 2.20. The van der Waals surface area contributed by atoms with Crippen molar-refractivity contribution in [3.05, 3.63) is 47.9 Å². The summed E-state index contributed by atoms with van der Waals surface area (Å²) in [6.07, 6.45) is 5.47. The number of aromatic nitrogens is 2. The van der Waals surface area contributed by atoms with E-state index >= 15 is 0 Å². The summed E-state index contributed by atoms with van der Waals surface area (Å²) in [6.45, 7) is 4.63. The fourth-order valence-corrected chi connectivity index (χ4v) is 3.70. The molecule has 0 N–H and O–H groups in total. The fourth-order valence-electron chi connectivity index (χ4n) is 3.70. The highest BCUT2D eigenvalue weighted by Gasteiger charge is 2.24. The van der Waals surface area contributed by atoms with Gasteiger partial charge >= 0.3 is 0 Å². The van der Waals surface area contributed by atoms with Crippen LogP contribution >= 0.6 is 0 Å². The molecule has 2 saturated heterocycles. The molecule has 1 amide bonds. The molecule has 0 saturated carbocycles. The minimum atomic E-state index is -0.384. The first-order valence-electron chi connectivity index (χ1n) is 9.58. The molecule has 0 atom stereocenters. The number of anilines is 2. The lowest BCUT2D eigenvalue weighted by molar-refractivity contribution is 0.0746. The third kappa shape index (κ3) is 4.02. The van der Waals surface area contributed by atoms with Gasteiger partial charge < -0.3 is 14.7 Å². The van der Waals surface area contributed by atoms with Crippen molar-refractivity contribution in [2.24, 2.45) is 0 Å². The monoisotopic (exact) mass is 369 g/mol. The second kappa shape index (κ2) is 7.90. The van der Waals surface area contributed by atoms with Crippen LogP contribution in [0.4, 0.5) is 16.2 Å². The smallest absolute Gasteiger partial charge is 0.254 e. The Balaban J connectivity index is 1.40. The maximum Gasteiger partial charge on any atom is 0.254 e. The largest absolute Gasteiger partial charge is 0.353 e. The maximum atomic E-state index is 13.4. The molecule has 0 aliphatic carbocycles. The first kappa shape index (κ1) is 17.7. The molecule has 0 bridgehead atoms. The lowest BCUT2D eigenvalue weighted by Crippen LogP contribution is -2.49. The van der Waals surface area contributed by atoms with Crippen molar-refractivity contribution in [1.82, 2.24) is 14.9 Å². The molecule has 2 fully saturated rings. The summed E-state index contributed by atoms with van der Waals surface area (Å²) in [5, 5.41) is 0. The van der Waals surface area contributed by atoms with Crippen LogP contribution in [0, 0.1) is 5.82 Å². The average Bonchev–Trinajstić information content (AvgIpc) is 2.74. The van der Waals surface area contributed by atoms with Crippen LogP contribution in [0.25, 0.3) is 0 Å². The summed E-state index contributed by atoms with van der Waals surface area (Å²) in [5.74, 6) is 1.20. The molecule has 142 valence electrons. The molecule has 27 heavy (non-hydrogen) atoms. The molecule has 3 heterocycles. The van der Waals surface area contributed by atoms with Crippen LogP contribution < -0.4 is 9.80 Å². The van der Waals surface area contributed by atoms with E-state index in [2.05, 4.69) is 14.8 Å². The molecule has 2 aromatic rings. The molecule has 2 aliphatic rings. The van der Waals surface area contributed by atoms with Gasteiger partial charge in [-0.25, -0.2) is 9.37 Å². The van der Waals surface area contributed by atoms with Crippen molar-refractivity contribution in [3.8, 4) is 0 Å². The number of benzene rings is 1. The Hall–Kier alpha value is -2.70. The van der Waals surface area contributed by atoms with E-state index < -0.39 is 0 Å². The van der Waals surface area contributed by atoms with Gasteiger partial charge in [-0.3, -0.25) is 4.79 Å². The normalized spacial score (nSPS) is 17.9. The van der Waals surface area contributed by atoms with Crippen LogP contribution in [0.1, 0.15) is 29.6 Å². The van der Waals surface area contributed by atoms with Gasteiger partial charge in [-0.1, -0.05) is 6.07 Å². The van der Waals surface area contributed by atoms with Crippen LogP contribution in [0.5, 0.6) is 0 Å². The summed E-state index contributed by atoms with van der Waals surface area (Å²) in [4.78, 5) is 28.0. The molecular formula is C20H24FN5O. The Labute approximate surface area is 158 Å². The number of piperazine rings is 1. The number of rotatable bonds is 3. The first-order valence-corrected chi connectivity index (χ1v) is 9.58. The number of amides is 1. The van der Waals surface area contributed by atoms with Gasteiger partial charge in [-0.05, 0) is 43.5 Å². The number of carbonyl (C=O) groups is 1. The average molecular weight is 369 g/mol. The molecular weight excluding hydrogens is 345 g/mol. The number of hydrogen-bond donors (Lipinski definition) is 0. The Kier molecular flexibility index (Phi) is 5.18. The number of piperidine rings is 1. The van der Waals surface area contributed by atoms with Crippen molar-refractivity contribution >= 4 is 17.7 Å². The third-order valence-corrected chi connectivity index (χ3v) is 5.23. The Morgan fingerprint density at radius 2 is 1.70 bits per heavy atom. The van der Waals surface area contributed by atoms with E-state index in [-0.39, 0.29) is 11.7 Å². The predicted molar refractivity (Wildman–Crippen MR) is 103 cm³/mol. The predicted octanol–water partition coefficient (Wildman–Crippen LogP) is 2.57. The zero-order chi connectivity index (χ0) is 18.6. The van der Waals surface area contributed by atoms with Gasteiger partial charge in [0.1, 0.15) is 11.6 Å². The van der Waals surface area contributed by atoms with E-state index in [4.69, 9.17) is 4.98 Å². The molecule has 1 aromatic carbocycles. The van der Waals surface area contributed by atoms with Crippen LogP contribution in [0.15, 0.2) is 36.5 Å². The molecule has 1 aromatic heterocycles. The van der Waals surface area contributed by atoms with Crippen LogP contribution in [0.3, 0.4) is 0 Å². The van der Waals surface area contributed by atoms with Gasteiger partial charge in [0.25, 0.3) is 5.91 Å². The number of nitrogens with zero attached hydrogens (tertiary/aromatic N) is 5. The zero-order valence-corrected chi connectivity index (χ0v) is 15.4. The van der Waals surface area contributed by atoms with Crippen molar-refractivity contribution in [2.45, 2.75) is 19.3 Å². The van der Waals surface area contributed by atoms with Crippen molar-refractivity contribution in [3.63, 3.8) is 0 Å².